The molecule has 0 radical (unpaired) electrons. The summed E-state index contributed by atoms with van der Waals surface area (Å²) < 4.78 is 13.0. The highest BCUT2D eigenvalue weighted by atomic mass is 19.1. The lowest BCUT2D eigenvalue weighted by Crippen LogP contribution is -2.16. The van der Waals surface area contributed by atoms with Crippen molar-refractivity contribution in [1.82, 2.24) is 9.97 Å². The lowest BCUT2D eigenvalue weighted by Gasteiger charge is -2.22. The van der Waals surface area contributed by atoms with Gasteiger partial charge in [-0.05, 0) is 44.5 Å². The third kappa shape index (κ3) is 3.48. The van der Waals surface area contributed by atoms with Crippen molar-refractivity contribution < 1.29 is 4.39 Å². The van der Waals surface area contributed by atoms with E-state index in [9.17, 15) is 4.39 Å². The van der Waals surface area contributed by atoms with Crippen molar-refractivity contribution in [3.63, 3.8) is 0 Å². The van der Waals surface area contributed by atoms with E-state index in [1.165, 1.54) is 12.1 Å². The molecule has 0 saturated heterocycles. The van der Waals surface area contributed by atoms with Crippen LogP contribution in [0.3, 0.4) is 0 Å². The maximum absolute atomic E-state index is 13.0. The number of hydrogen-bond donors (Lipinski definition) is 1. The molecule has 0 unspecified atom stereocenters. The van der Waals surface area contributed by atoms with E-state index in [4.69, 9.17) is 0 Å². The Morgan fingerprint density at radius 2 is 1.81 bits per heavy atom. The molecule has 1 aromatic carbocycles. The quantitative estimate of drug-likeness (QED) is 0.908. The second-order valence-corrected chi connectivity index (χ2v) is 5.03. The summed E-state index contributed by atoms with van der Waals surface area (Å²) in [5.74, 6) is 2.15. The summed E-state index contributed by atoms with van der Waals surface area (Å²) >= 11 is 0. The largest absolute Gasteiger partial charge is 0.370 e. The molecule has 5 heteroatoms. The van der Waals surface area contributed by atoms with Crippen LogP contribution in [0.25, 0.3) is 0 Å². The second-order valence-electron chi connectivity index (χ2n) is 5.03. The number of aromatic nitrogens is 2. The molecule has 0 atom stereocenters. The summed E-state index contributed by atoms with van der Waals surface area (Å²) in [6.45, 7) is 6.85. The average molecular weight is 288 g/mol. The summed E-state index contributed by atoms with van der Waals surface area (Å²) in [5.41, 5.74) is 1.87. The zero-order chi connectivity index (χ0) is 15.4. The summed E-state index contributed by atoms with van der Waals surface area (Å²) in [7, 11) is 1.92. The molecule has 0 aliphatic rings. The molecule has 0 bridgehead atoms. The van der Waals surface area contributed by atoms with Crippen LogP contribution < -0.4 is 10.2 Å². The minimum absolute atomic E-state index is 0.243. The third-order valence-electron chi connectivity index (χ3n) is 3.31. The van der Waals surface area contributed by atoms with E-state index in [-0.39, 0.29) is 5.82 Å². The van der Waals surface area contributed by atoms with Crippen molar-refractivity contribution in [2.75, 3.05) is 23.8 Å². The SMILES string of the molecule is CCCNc1nc(C)nc(N(C)c2ccc(F)cc2)c1C. The Bertz CT molecular complexity index is 610. The number of rotatable bonds is 5. The van der Waals surface area contributed by atoms with Gasteiger partial charge in [0.05, 0.1) is 0 Å². The van der Waals surface area contributed by atoms with Crippen LogP contribution in [0.2, 0.25) is 0 Å². The van der Waals surface area contributed by atoms with E-state index in [2.05, 4.69) is 22.2 Å². The van der Waals surface area contributed by atoms with Crippen molar-refractivity contribution in [1.29, 1.82) is 0 Å². The van der Waals surface area contributed by atoms with E-state index < -0.39 is 0 Å². The summed E-state index contributed by atoms with van der Waals surface area (Å²) in [6.07, 6.45) is 1.03. The molecule has 1 N–H and O–H groups in total. The van der Waals surface area contributed by atoms with E-state index in [1.54, 1.807) is 12.1 Å². The van der Waals surface area contributed by atoms with E-state index in [0.717, 1.165) is 35.9 Å². The Morgan fingerprint density at radius 3 is 2.43 bits per heavy atom. The lowest BCUT2D eigenvalue weighted by atomic mass is 10.2. The zero-order valence-electron chi connectivity index (χ0n) is 12.9. The molecule has 1 aromatic heterocycles. The topological polar surface area (TPSA) is 41.1 Å². The number of benzene rings is 1. The van der Waals surface area contributed by atoms with Gasteiger partial charge >= 0.3 is 0 Å². The number of anilines is 3. The van der Waals surface area contributed by atoms with Crippen LogP contribution in [-0.4, -0.2) is 23.6 Å². The number of hydrogen-bond acceptors (Lipinski definition) is 4. The standard InChI is InChI=1S/C16H21FN4/c1-5-10-18-15-11(2)16(20-12(3)19-15)21(4)14-8-6-13(17)7-9-14/h6-9H,5,10H2,1-4H3,(H,18,19,20). The molecule has 0 aliphatic carbocycles. The molecule has 2 aromatic rings. The Hall–Kier alpha value is -2.17. The summed E-state index contributed by atoms with van der Waals surface area (Å²) in [4.78, 5) is 10.9. The molecule has 0 fully saturated rings. The first-order valence-corrected chi connectivity index (χ1v) is 7.11. The van der Waals surface area contributed by atoms with E-state index in [0.29, 0.717) is 5.82 Å². The van der Waals surface area contributed by atoms with Gasteiger partial charge in [-0.25, -0.2) is 14.4 Å². The van der Waals surface area contributed by atoms with Gasteiger partial charge in [-0.3, -0.25) is 0 Å². The first kappa shape index (κ1) is 15.2. The molecule has 0 amide bonds. The van der Waals surface area contributed by atoms with E-state index in [1.807, 2.05) is 25.8 Å². The van der Waals surface area contributed by atoms with Gasteiger partial charge in [0.1, 0.15) is 23.3 Å². The molecular formula is C16H21FN4. The number of halogens is 1. The molecule has 0 saturated carbocycles. The molecular weight excluding hydrogens is 267 g/mol. The predicted molar refractivity (Wildman–Crippen MR) is 84.7 cm³/mol. The smallest absolute Gasteiger partial charge is 0.141 e. The van der Waals surface area contributed by atoms with Gasteiger partial charge in [0.25, 0.3) is 0 Å². The highest BCUT2D eigenvalue weighted by Gasteiger charge is 2.14. The van der Waals surface area contributed by atoms with Crippen LogP contribution in [0, 0.1) is 19.7 Å². The molecule has 21 heavy (non-hydrogen) atoms. The summed E-state index contributed by atoms with van der Waals surface area (Å²) in [6, 6.07) is 6.38. The second kappa shape index (κ2) is 6.52. The minimum Gasteiger partial charge on any atom is -0.370 e. The number of aryl methyl sites for hydroxylation is 1. The van der Waals surface area contributed by atoms with Crippen molar-refractivity contribution in [3.05, 3.63) is 41.5 Å². The van der Waals surface area contributed by atoms with Crippen molar-refractivity contribution in [3.8, 4) is 0 Å². The minimum atomic E-state index is -0.243. The number of nitrogens with zero attached hydrogens (tertiary/aromatic N) is 3. The zero-order valence-corrected chi connectivity index (χ0v) is 12.9. The highest BCUT2D eigenvalue weighted by molar-refractivity contribution is 5.66. The fourth-order valence-electron chi connectivity index (χ4n) is 2.14. The Balaban J connectivity index is 2.38. The maximum atomic E-state index is 13.0. The Kier molecular flexibility index (Phi) is 4.73. The van der Waals surface area contributed by atoms with Crippen LogP contribution >= 0.6 is 0 Å². The van der Waals surface area contributed by atoms with Gasteiger partial charge in [-0.1, -0.05) is 6.92 Å². The Labute approximate surface area is 125 Å². The van der Waals surface area contributed by atoms with Crippen LogP contribution in [0.15, 0.2) is 24.3 Å². The maximum Gasteiger partial charge on any atom is 0.141 e. The van der Waals surface area contributed by atoms with Crippen molar-refractivity contribution in [2.24, 2.45) is 0 Å². The Morgan fingerprint density at radius 1 is 1.14 bits per heavy atom. The molecule has 2 rings (SSSR count). The molecule has 0 aliphatic heterocycles. The van der Waals surface area contributed by atoms with Crippen LogP contribution in [0.5, 0.6) is 0 Å². The molecule has 112 valence electrons. The lowest BCUT2D eigenvalue weighted by molar-refractivity contribution is 0.628. The molecule has 1 heterocycles. The van der Waals surface area contributed by atoms with Gasteiger partial charge in [-0.15, -0.1) is 0 Å². The normalized spacial score (nSPS) is 10.5. The van der Waals surface area contributed by atoms with Gasteiger partial charge < -0.3 is 10.2 Å². The first-order chi connectivity index (χ1) is 10.0. The fraction of sp³-hybridized carbons (Fsp3) is 0.375. The van der Waals surface area contributed by atoms with Gasteiger partial charge in [0.2, 0.25) is 0 Å². The van der Waals surface area contributed by atoms with Crippen molar-refractivity contribution >= 4 is 17.3 Å². The van der Waals surface area contributed by atoms with Gasteiger partial charge in [0, 0.05) is 24.8 Å². The predicted octanol–water partition coefficient (Wildman–Crippen LogP) is 3.82. The monoisotopic (exact) mass is 288 g/mol. The van der Waals surface area contributed by atoms with Crippen molar-refractivity contribution in [2.45, 2.75) is 27.2 Å². The third-order valence-corrected chi connectivity index (χ3v) is 3.31. The number of nitrogens with one attached hydrogen (secondary N) is 1. The highest BCUT2D eigenvalue weighted by Crippen LogP contribution is 2.28. The van der Waals surface area contributed by atoms with Crippen LogP contribution in [0.4, 0.5) is 21.7 Å². The average Bonchev–Trinajstić information content (AvgIpc) is 2.48. The molecule has 0 spiro atoms. The fourth-order valence-corrected chi connectivity index (χ4v) is 2.14. The first-order valence-electron chi connectivity index (χ1n) is 7.11. The van der Waals surface area contributed by atoms with Crippen LogP contribution in [0.1, 0.15) is 24.7 Å². The molecule has 4 nitrogen and oxygen atoms in total. The van der Waals surface area contributed by atoms with Gasteiger partial charge in [-0.2, -0.15) is 0 Å². The summed E-state index contributed by atoms with van der Waals surface area (Å²) in [5, 5.41) is 3.32. The van der Waals surface area contributed by atoms with E-state index >= 15 is 0 Å². The van der Waals surface area contributed by atoms with Gasteiger partial charge in [0.15, 0.2) is 0 Å². The van der Waals surface area contributed by atoms with Crippen LogP contribution in [-0.2, 0) is 0 Å².